The fourth-order valence-corrected chi connectivity index (χ4v) is 4.34. The average Bonchev–Trinajstić information content (AvgIpc) is 3.24. The standard InChI is InChI=1S/C14H12ClNO2.C14H16FN5/c1-9-8-11(10-6-4-3-5-7-10)12(16(9)2)13(17)14(15)18;15-11-9-17-14(18-10-11)20-7-5-19(6-8-20)13-3-1-12(16)2-4-13/h3-8H,1-2H3;1-4,9-10H,5-8,16H2. The topological polar surface area (TPSA) is 97.3 Å². The van der Waals surface area contributed by atoms with Gasteiger partial charge in [0.1, 0.15) is 5.69 Å². The van der Waals surface area contributed by atoms with Gasteiger partial charge in [-0.3, -0.25) is 9.59 Å². The van der Waals surface area contributed by atoms with Crippen LogP contribution in [0.3, 0.4) is 0 Å². The monoisotopic (exact) mass is 534 g/mol. The van der Waals surface area contributed by atoms with Gasteiger partial charge in [0.05, 0.1) is 12.4 Å². The lowest BCUT2D eigenvalue weighted by atomic mass is 10.0. The maximum Gasteiger partial charge on any atom is 0.294 e. The van der Waals surface area contributed by atoms with E-state index in [1.807, 2.05) is 67.6 Å². The Labute approximate surface area is 225 Å². The van der Waals surface area contributed by atoms with Crippen LogP contribution in [0.4, 0.5) is 21.7 Å². The van der Waals surface area contributed by atoms with Gasteiger partial charge < -0.3 is 20.1 Å². The van der Waals surface area contributed by atoms with Gasteiger partial charge in [0.25, 0.3) is 11.0 Å². The van der Waals surface area contributed by atoms with E-state index in [1.54, 1.807) is 11.6 Å². The third kappa shape index (κ3) is 6.18. The fourth-order valence-electron chi connectivity index (χ4n) is 4.26. The minimum absolute atomic E-state index is 0.332. The molecule has 5 rings (SSSR count). The molecule has 0 unspecified atom stereocenters. The van der Waals surface area contributed by atoms with Crippen molar-refractivity contribution in [2.24, 2.45) is 7.05 Å². The van der Waals surface area contributed by atoms with Crippen LogP contribution in [0.15, 0.2) is 73.1 Å². The molecule has 0 bridgehead atoms. The Hall–Kier alpha value is -4.24. The highest BCUT2D eigenvalue weighted by Gasteiger charge is 2.23. The number of ketones is 1. The molecule has 10 heteroatoms. The molecule has 0 spiro atoms. The molecular weight excluding hydrogens is 507 g/mol. The Kier molecular flexibility index (Phi) is 8.38. The molecular formula is C28H28ClFN6O2. The van der Waals surface area contributed by atoms with Crippen LogP contribution in [0, 0.1) is 12.7 Å². The van der Waals surface area contributed by atoms with Crippen LogP contribution >= 0.6 is 11.6 Å². The Morgan fingerprint density at radius 1 is 0.921 bits per heavy atom. The van der Waals surface area contributed by atoms with E-state index in [0.717, 1.165) is 48.7 Å². The first-order valence-electron chi connectivity index (χ1n) is 12.0. The van der Waals surface area contributed by atoms with E-state index in [4.69, 9.17) is 17.3 Å². The second kappa shape index (κ2) is 11.9. The Bertz CT molecular complexity index is 1350. The molecule has 0 radical (unpaired) electrons. The molecule has 2 aromatic heterocycles. The van der Waals surface area contributed by atoms with Gasteiger partial charge in [0.15, 0.2) is 5.82 Å². The number of aryl methyl sites for hydroxylation is 1. The van der Waals surface area contributed by atoms with Gasteiger partial charge in [-0.1, -0.05) is 30.3 Å². The van der Waals surface area contributed by atoms with E-state index in [2.05, 4.69) is 19.8 Å². The van der Waals surface area contributed by atoms with E-state index in [1.165, 1.54) is 18.1 Å². The number of nitrogens with zero attached hydrogens (tertiary/aromatic N) is 5. The largest absolute Gasteiger partial charge is 0.399 e. The van der Waals surface area contributed by atoms with Gasteiger partial charge in [-0.2, -0.15) is 0 Å². The van der Waals surface area contributed by atoms with Crippen LogP contribution in [0.5, 0.6) is 0 Å². The molecule has 8 nitrogen and oxygen atoms in total. The number of aromatic nitrogens is 3. The van der Waals surface area contributed by atoms with E-state index in [-0.39, 0.29) is 0 Å². The van der Waals surface area contributed by atoms with Crippen molar-refractivity contribution in [2.75, 3.05) is 41.7 Å². The van der Waals surface area contributed by atoms with Crippen LogP contribution in [0.2, 0.25) is 0 Å². The number of hydrogen-bond donors (Lipinski definition) is 1. The molecule has 1 fully saturated rings. The lowest BCUT2D eigenvalue weighted by molar-refractivity contribution is -0.108. The highest BCUT2D eigenvalue weighted by atomic mass is 35.5. The smallest absolute Gasteiger partial charge is 0.294 e. The van der Waals surface area contributed by atoms with E-state index >= 15 is 0 Å². The lowest BCUT2D eigenvalue weighted by Gasteiger charge is -2.36. The van der Waals surface area contributed by atoms with Crippen LogP contribution in [0.1, 0.15) is 16.2 Å². The molecule has 38 heavy (non-hydrogen) atoms. The van der Waals surface area contributed by atoms with Gasteiger partial charge in [0.2, 0.25) is 5.95 Å². The summed E-state index contributed by atoms with van der Waals surface area (Å²) in [7, 11) is 1.74. The number of rotatable bonds is 5. The predicted molar refractivity (Wildman–Crippen MR) is 148 cm³/mol. The number of carbonyl (C=O) groups excluding carboxylic acids is 2. The zero-order valence-corrected chi connectivity index (χ0v) is 21.9. The number of hydrogen-bond acceptors (Lipinski definition) is 7. The molecule has 0 atom stereocenters. The Balaban J connectivity index is 0.000000178. The van der Waals surface area contributed by atoms with Gasteiger partial charge >= 0.3 is 0 Å². The first-order valence-corrected chi connectivity index (χ1v) is 12.4. The second-order valence-electron chi connectivity index (χ2n) is 8.84. The van der Waals surface area contributed by atoms with Crippen molar-refractivity contribution in [3.05, 3.63) is 90.3 Å². The molecule has 2 N–H and O–H groups in total. The molecule has 1 aliphatic heterocycles. The normalized spacial score (nSPS) is 13.1. The van der Waals surface area contributed by atoms with Crippen molar-refractivity contribution >= 4 is 39.9 Å². The molecule has 3 heterocycles. The predicted octanol–water partition coefficient (Wildman–Crippen LogP) is 4.47. The summed E-state index contributed by atoms with van der Waals surface area (Å²) in [4.78, 5) is 35.3. The number of anilines is 3. The summed E-state index contributed by atoms with van der Waals surface area (Å²) >= 11 is 5.30. The third-order valence-electron chi connectivity index (χ3n) is 6.38. The summed E-state index contributed by atoms with van der Waals surface area (Å²) in [5, 5.41) is -0.964. The Morgan fingerprint density at radius 3 is 2.08 bits per heavy atom. The number of piperazine rings is 1. The third-order valence-corrected chi connectivity index (χ3v) is 6.55. The zero-order chi connectivity index (χ0) is 27.2. The molecule has 2 aromatic carbocycles. The van der Waals surface area contributed by atoms with E-state index in [9.17, 15) is 14.0 Å². The fraction of sp³-hybridized carbons (Fsp3) is 0.214. The quantitative estimate of drug-likeness (QED) is 0.174. The van der Waals surface area contributed by atoms with E-state index < -0.39 is 16.8 Å². The maximum atomic E-state index is 12.8. The summed E-state index contributed by atoms with van der Waals surface area (Å²) < 4.78 is 14.5. The average molecular weight is 535 g/mol. The number of halogens is 2. The molecule has 0 aliphatic carbocycles. The number of nitrogen functional groups attached to an aromatic ring is 1. The first kappa shape index (κ1) is 26.8. The van der Waals surface area contributed by atoms with Crippen LogP contribution in [-0.4, -0.2) is 51.7 Å². The molecule has 4 aromatic rings. The lowest BCUT2D eigenvalue weighted by Crippen LogP contribution is -2.47. The van der Waals surface area contributed by atoms with Gasteiger partial charge in [-0.25, -0.2) is 14.4 Å². The minimum Gasteiger partial charge on any atom is -0.399 e. The second-order valence-corrected chi connectivity index (χ2v) is 9.19. The molecule has 0 saturated carbocycles. The van der Waals surface area contributed by atoms with E-state index in [0.29, 0.717) is 11.6 Å². The molecule has 1 aliphatic rings. The number of nitrogens with two attached hydrogens (primary N) is 1. The molecule has 196 valence electrons. The highest BCUT2D eigenvalue weighted by molar-refractivity contribution is 6.83. The van der Waals surface area contributed by atoms with Crippen molar-refractivity contribution < 1.29 is 14.0 Å². The number of carbonyl (C=O) groups is 2. The van der Waals surface area contributed by atoms with Crippen LogP contribution in [0.25, 0.3) is 11.1 Å². The van der Waals surface area contributed by atoms with Crippen LogP contribution < -0.4 is 15.5 Å². The highest BCUT2D eigenvalue weighted by Crippen LogP contribution is 2.27. The first-order chi connectivity index (χ1) is 18.2. The van der Waals surface area contributed by atoms with Crippen molar-refractivity contribution in [1.82, 2.24) is 14.5 Å². The minimum atomic E-state index is -0.964. The SMILES string of the molecule is Cc1cc(-c2ccccc2)c(C(=O)C(=O)Cl)n1C.Nc1ccc(N2CCN(c3ncc(F)cn3)CC2)cc1. The van der Waals surface area contributed by atoms with Crippen molar-refractivity contribution in [2.45, 2.75) is 6.92 Å². The van der Waals surface area contributed by atoms with Gasteiger partial charge in [-0.05, 0) is 54.4 Å². The Morgan fingerprint density at radius 2 is 1.50 bits per heavy atom. The van der Waals surface area contributed by atoms with Crippen LogP contribution in [-0.2, 0) is 11.8 Å². The van der Waals surface area contributed by atoms with Crippen molar-refractivity contribution in [1.29, 1.82) is 0 Å². The maximum absolute atomic E-state index is 12.8. The summed E-state index contributed by atoms with van der Waals surface area (Å²) in [5.74, 6) is -0.497. The molecule has 0 amide bonds. The molecule has 1 saturated heterocycles. The van der Waals surface area contributed by atoms with Crippen molar-refractivity contribution in [3.63, 3.8) is 0 Å². The van der Waals surface area contributed by atoms with Gasteiger partial charge in [-0.15, -0.1) is 0 Å². The number of Topliss-reactive ketones (excluding diaryl/α,β-unsaturated/α-hetero) is 1. The summed E-state index contributed by atoms with van der Waals surface area (Å²) in [6.07, 6.45) is 2.41. The van der Waals surface area contributed by atoms with Crippen molar-refractivity contribution in [3.8, 4) is 11.1 Å². The summed E-state index contributed by atoms with van der Waals surface area (Å²) in [5.41, 5.74) is 10.5. The van der Waals surface area contributed by atoms with Gasteiger partial charge in [0, 0.05) is 55.9 Å². The summed E-state index contributed by atoms with van der Waals surface area (Å²) in [6, 6.07) is 19.2. The zero-order valence-electron chi connectivity index (χ0n) is 21.1. The summed E-state index contributed by atoms with van der Waals surface area (Å²) in [6.45, 7) is 5.27. The number of benzene rings is 2.